The maximum Gasteiger partial charge on any atom is 0.255 e. The monoisotopic (exact) mass is 371 g/mol. The van der Waals surface area contributed by atoms with E-state index in [4.69, 9.17) is 17.3 Å². The van der Waals surface area contributed by atoms with E-state index in [9.17, 15) is 4.79 Å². The number of aryl methyl sites for hydroxylation is 1. The van der Waals surface area contributed by atoms with Gasteiger partial charge in [0.1, 0.15) is 0 Å². The van der Waals surface area contributed by atoms with Crippen LogP contribution in [0.5, 0.6) is 0 Å². The smallest absolute Gasteiger partial charge is 0.255 e. The zero-order chi connectivity index (χ0) is 18.5. The Balaban J connectivity index is 1.75. The molecule has 1 saturated carbocycles. The summed E-state index contributed by atoms with van der Waals surface area (Å²) in [5.74, 6) is -0.178. The van der Waals surface area contributed by atoms with E-state index in [-0.39, 0.29) is 5.91 Å². The van der Waals surface area contributed by atoms with Crippen molar-refractivity contribution in [1.82, 2.24) is 0 Å². The molecule has 0 unspecified atom stereocenters. The van der Waals surface area contributed by atoms with E-state index in [2.05, 4.69) is 17.6 Å². The van der Waals surface area contributed by atoms with Crippen molar-refractivity contribution in [3.05, 3.63) is 52.5 Å². The Bertz CT molecular complexity index is 768. The highest BCUT2D eigenvalue weighted by Crippen LogP contribution is 2.33. The van der Waals surface area contributed by atoms with Gasteiger partial charge in [-0.25, -0.2) is 0 Å². The van der Waals surface area contributed by atoms with Gasteiger partial charge >= 0.3 is 0 Å². The van der Waals surface area contributed by atoms with Gasteiger partial charge in [-0.1, -0.05) is 49.9 Å². The van der Waals surface area contributed by atoms with Gasteiger partial charge in [-0.05, 0) is 49.1 Å². The minimum absolute atomic E-state index is 0.178. The number of halogens is 1. The van der Waals surface area contributed by atoms with Crippen LogP contribution in [0.4, 0.5) is 17.1 Å². The maximum absolute atomic E-state index is 12.5. The highest BCUT2D eigenvalue weighted by atomic mass is 35.5. The molecule has 5 heteroatoms. The van der Waals surface area contributed by atoms with Crippen LogP contribution >= 0.6 is 11.6 Å². The number of carbonyl (C=O) groups excluding carboxylic acids is 1. The Kier molecular flexibility index (Phi) is 6.04. The number of nitrogens with one attached hydrogen (secondary N) is 2. The van der Waals surface area contributed by atoms with E-state index in [0.29, 0.717) is 28.0 Å². The summed E-state index contributed by atoms with van der Waals surface area (Å²) in [6, 6.07) is 11.6. The van der Waals surface area contributed by atoms with Gasteiger partial charge in [0.15, 0.2) is 0 Å². The number of anilines is 3. The van der Waals surface area contributed by atoms with Gasteiger partial charge in [0.2, 0.25) is 0 Å². The number of hydrogen-bond donors (Lipinski definition) is 3. The molecule has 4 nitrogen and oxygen atoms in total. The predicted molar refractivity (Wildman–Crippen MR) is 110 cm³/mol. The van der Waals surface area contributed by atoms with Gasteiger partial charge in [-0.3, -0.25) is 4.79 Å². The number of nitrogen functional groups attached to an aromatic ring is 1. The van der Waals surface area contributed by atoms with E-state index in [1.165, 1.54) is 24.8 Å². The van der Waals surface area contributed by atoms with Gasteiger partial charge in [-0.2, -0.15) is 0 Å². The van der Waals surface area contributed by atoms with Crippen LogP contribution < -0.4 is 16.4 Å². The second-order valence-electron chi connectivity index (χ2n) is 6.90. The van der Waals surface area contributed by atoms with Gasteiger partial charge in [0.25, 0.3) is 5.91 Å². The Morgan fingerprint density at radius 3 is 2.46 bits per heavy atom. The molecular weight excluding hydrogens is 346 g/mol. The van der Waals surface area contributed by atoms with Crippen molar-refractivity contribution < 1.29 is 4.79 Å². The molecule has 1 aliphatic rings. The van der Waals surface area contributed by atoms with Crippen molar-refractivity contribution >= 4 is 34.6 Å². The zero-order valence-electron chi connectivity index (χ0n) is 15.1. The number of nitrogens with two attached hydrogens (primary N) is 1. The minimum Gasteiger partial charge on any atom is -0.397 e. The van der Waals surface area contributed by atoms with Crippen LogP contribution in [0.3, 0.4) is 0 Å². The number of rotatable bonds is 5. The molecule has 0 saturated heterocycles. The molecule has 3 rings (SSSR count). The molecule has 0 atom stereocenters. The van der Waals surface area contributed by atoms with E-state index >= 15 is 0 Å². The predicted octanol–water partition coefficient (Wildman–Crippen LogP) is 5.48. The molecular formula is C21H26ClN3O. The standard InChI is InChI=1S/C21H26ClN3O/c1-2-14-8-10-15(11-9-14)21(26)25-19-13-20(18(23)12-17(19)22)24-16-6-4-3-5-7-16/h8-13,16,24H,2-7,23H2,1H3,(H,25,26). The molecule has 0 aromatic heterocycles. The molecule has 26 heavy (non-hydrogen) atoms. The molecule has 1 amide bonds. The molecule has 2 aromatic rings. The number of benzene rings is 2. The van der Waals surface area contributed by atoms with Crippen LogP contribution in [0.2, 0.25) is 5.02 Å². The van der Waals surface area contributed by atoms with Crippen LogP contribution in [-0.2, 0) is 6.42 Å². The van der Waals surface area contributed by atoms with Crippen molar-refractivity contribution in [3.63, 3.8) is 0 Å². The van der Waals surface area contributed by atoms with Crippen LogP contribution in [0.1, 0.15) is 54.9 Å². The molecule has 4 N–H and O–H groups in total. The molecule has 1 aliphatic carbocycles. The molecule has 1 fully saturated rings. The first kappa shape index (κ1) is 18.6. The Morgan fingerprint density at radius 1 is 1.12 bits per heavy atom. The number of carbonyl (C=O) groups is 1. The maximum atomic E-state index is 12.5. The number of hydrogen-bond acceptors (Lipinski definition) is 3. The third kappa shape index (κ3) is 4.50. The second kappa shape index (κ2) is 8.45. The summed E-state index contributed by atoms with van der Waals surface area (Å²) in [7, 11) is 0. The van der Waals surface area contributed by atoms with Crippen LogP contribution in [0.15, 0.2) is 36.4 Å². The zero-order valence-corrected chi connectivity index (χ0v) is 15.9. The van der Waals surface area contributed by atoms with Crippen molar-refractivity contribution in [2.75, 3.05) is 16.4 Å². The molecule has 0 bridgehead atoms. The van der Waals surface area contributed by atoms with E-state index in [1.54, 1.807) is 6.07 Å². The lowest BCUT2D eigenvalue weighted by Gasteiger charge is -2.25. The fourth-order valence-electron chi connectivity index (χ4n) is 3.36. The topological polar surface area (TPSA) is 67.2 Å². The summed E-state index contributed by atoms with van der Waals surface area (Å²) in [6.45, 7) is 2.09. The molecule has 138 valence electrons. The average Bonchev–Trinajstić information content (AvgIpc) is 2.66. The summed E-state index contributed by atoms with van der Waals surface area (Å²) in [5, 5.41) is 6.85. The summed E-state index contributed by atoms with van der Waals surface area (Å²) >= 11 is 6.30. The average molecular weight is 372 g/mol. The van der Waals surface area contributed by atoms with E-state index < -0.39 is 0 Å². The minimum atomic E-state index is -0.178. The second-order valence-corrected chi connectivity index (χ2v) is 7.31. The van der Waals surface area contributed by atoms with Gasteiger partial charge < -0.3 is 16.4 Å². The molecule has 0 radical (unpaired) electrons. The first-order valence-electron chi connectivity index (χ1n) is 9.32. The van der Waals surface area contributed by atoms with Crippen molar-refractivity contribution in [2.45, 2.75) is 51.5 Å². The Morgan fingerprint density at radius 2 is 1.81 bits per heavy atom. The fraction of sp³-hybridized carbons (Fsp3) is 0.381. The lowest BCUT2D eigenvalue weighted by molar-refractivity contribution is 0.102. The van der Waals surface area contributed by atoms with Gasteiger partial charge in [0.05, 0.1) is 22.1 Å². The highest BCUT2D eigenvalue weighted by molar-refractivity contribution is 6.34. The van der Waals surface area contributed by atoms with Crippen LogP contribution in [0, 0.1) is 0 Å². The fourth-order valence-corrected chi connectivity index (χ4v) is 3.58. The third-order valence-electron chi connectivity index (χ3n) is 4.98. The summed E-state index contributed by atoms with van der Waals surface area (Å²) < 4.78 is 0. The van der Waals surface area contributed by atoms with Crippen molar-refractivity contribution in [1.29, 1.82) is 0 Å². The molecule has 2 aromatic carbocycles. The van der Waals surface area contributed by atoms with Crippen LogP contribution in [0.25, 0.3) is 0 Å². The summed E-state index contributed by atoms with van der Waals surface area (Å²) in [4.78, 5) is 12.5. The Labute approximate surface area is 160 Å². The lowest BCUT2D eigenvalue weighted by Crippen LogP contribution is -2.23. The first-order chi connectivity index (χ1) is 12.6. The highest BCUT2D eigenvalue weighted by Gasteiger charge is 2.16. The quantitative estimate of drug-likeness (QED) is 0.609. The summed E-state index contributed by atoms with van der Waals surface area (Å²) in [5.41, 5.74) is 9.94. The van der Waals surface area contributed by atoms with Crippen molar-refractivity contribution in [3.8, 4) is 0 Å². The van der Waals surface area contributed by atoms with E-state index in [1.807, 2.05) is 30.3 Å². The summed E-state index contributed by atoms with van der Waals surface area (Å²) in [6.07, 6.45) is 7.01. The van der Waals surface area contributed by atoms with Gasteiger partial charge in [-0.15, -0.1) is 0 Å². The van der Waals surface area contributed by atoms with Crippen molar-refractivity contribution in [2.24, 2.45) is 0 Å². The SMILES string of the molecule is CCc1ccc(C(=O)Nc2cc(NC3CCCCC3)c(N)cc2Cl)cc1. The Hall–Kier alpha value is -2.20. The first-order valence-corrected chi connectivity index (χ1v) is 9.70. The molecule has 0 aliphatic heterocycles. The van der Waals surface area contributed by atoms with Gasteiger partial charge in [0, 0.05) is 11.6 Å². The third-order valence-corrected chi connectivity index (χ3v) is 5.29. The molecule has 0 spiro atoms. The van der Waals surface area contributed by atoms with Crippen LogP contribution in [-0.4, -0.2) is 11.9 Å². The molecule has 0 heterocycles. The normalized spacial score (nSPS) is 14.8. The van der Waals surface area contributed by atoms with E-state index in [0.717, 1.165) is 24.9 Å². The number of amides is 1. The largest absolute Gasteiger partial charge is 0.397 e. The lowest BCUT2D eigenvalue weighted by atomic mass is 9.95.